The molecular weight excluding hydrogens is 487 g/mol. The number of carbonyl (C=O) groups is 1. The van der Waals surface area contributed by atoms with E-state index < -0.39 is 0 Å². The minimum absolute atomic E-state index is 0.156. The molecule has 5 rings (SSSR count). The van der Waals surface area contributed by atoms with Crippen LogP contribution in [-0.4, -0.2) is 27.5 Å². The lowest BCUT2D eigenvalue weighted by atomic mass is 10.1. The topological polar surface area (TPSA) is 82.2 Å². The van der Waals surface area contributed by atoms with Gasteiger partial charge in [0.15, 0.2) is 5.76 Å². The van der Waals surface area contributed by atoms with E-state index in [9.17, 15) is 4.79 Å². The van der Waals surface area contributed by atoms with Crippen molar-refractivity contribution in [2.45, 2.75) is 13.8 Å². The molecule has 0 bridgehead atoms. The van der Waals surface area contributed by atoms with Crippen molar-refractivity contribution in [1.29, 1.82) is 0 Å². The van der Waals surface area contributed by atoms with E-state index in [1.807, 2.05) is 44.2 Å². The number of benzene rings is 3. The second-order valence-corrected chi connectivity index (χ2v) is 8.66. The zero-order valence-corrected chi connectivity index (χ0v) is 20.4. The molecule has 7 nitrogen and oxygen atoms in total. The van der Waals surface area contributed by atoms with E-state index in [-0.39, 0.29) is 11.7 Å². The predicted molar refractivity (Wildman–Crippen MR) is 137 cm³/mol. The lowest BCUT2D eigenvalue weighted by Crippen LogP contribution is -2.11. The number of amides is 1. The molecule has 0 aliphatic heterocycles. The summed E-state index contributed by atoms with van der Waals surface area (Å²) < 4.78 is 11.2. The second-order valence-electron chi connectivity index (χ2n) is 7.81. The van der Waals surface area contributed by atoms with Crippen molar-refractivity contribution in [1.82, 2.24) is 15.0 Å². The first-order valence-corrected chi connectivity index (χ1v) is 11.6. The highest BCUT2D eigenvalue weighted by atomic mass is 35.5. The fourth-order valence-electron chi connectivity index (χ4n) is 3.64. The van der Waals surface area contributed by atoms with Gasteiger partial charge in [-0.1, -0.05) is 23.2 Å². The summed E-state index contributed by atoms with van der Waals surface area (Å²) in [6.45, 7) is 4.44. The Morgan fingerprint density at radius 3 is 2.46 bits per heavy atom. The van der Waals surface area contributed by atoms with Crippen LogP contribution in [0, 0.1) is 6.92 Å². The Bertz CT molecular complexity index is 1540. The van der Waals surface area contributed by atoms with Crippen LogP contribution in [0.2, 0.25) is 10.0 Å². The molecule has 2 heterocycles. The summed E-state index contributed by atoms with van der Waals surface area (Å²) in [5.41, 5.74) is 4.27. The van der Waals surface area contributed by atoms with Gasteiger partial charge in [0.2, 0.25) is 0 Å². The van der Waals surface area contributed by atoms with Crippen LogP contribution in [0.25, 0.3) is 28.0 Å². The summed E-state index contributed by atoms with van der Waals surface area (Å²) in [5.74, 6) is 1.03. The van der Waals surface area contributed by atoms with E-state index in [1.54, 1.807) is 41.2 Å². The minimum Gasteiger partial charge on any atom is -0.494 e. The fourth-order valence-corrected chi connectivity index (χ4v) is 4.14. The average Bonchev–Trinajstić information content (AvgIpc) is 3.47. The number of rotatable bonds is 6. The standard InChI is InChI=1S/C26H20Cl2N4O3/c1-3-34-18-7-5-17(6-8-18)32-30-22-12-15(2)21(14-23(22)31-32)29-26(33)25-11-10-24(35-25)19-9-4-16(27)13-20(19)28/h4-14H,3H2,1-2H3,(H,29,33). The number of fused-ring (bicyclic) bond motifs is 1. The zero-order valence-electron chi connectivity index (χ0n) is 18.9. The van der Waals surface area contributed by atoms with E-state index in [4.69, 9.17) is 32.4 Å². The summed E-state index contributed by atoms with van der Waals surface area (Å²) in [6.07, 6.45) is 0. The van der Waals surface area contributed by atoms with Crippen molar-refractivity contribution >= 4 is 45.8 Å². The third-order valence-electron chi connectivity index (χ3n) is 5.38. The van der Waals surface area contributed by atoms with E-state index in [1.165, 1.54) is 0 Å². The Kier molecular flexibility index (Phi) is 6.19. The van der Waals surface area contributed by atoms with Gasteiger partial charge in [-0.3, -0.25) is 4.79 Å². The summed E-state index contributed by atoms with van der Waals surface area (Å²) in [5, 5.41) is 13.0. The fraction of sp³-hybridized carbons (Fsp3) is 0.115. The highest BCUT2D eigenvalue weighted by molar-refractivity contribution is 6.36. The highest BCUT2D eigenvalue weighted by Gasteiger charge is 2.16. The molecule has 2 aromatic heterocycles. The molecule has 0 saturated heterocycles. The van der Waals surface area contributed by atoms with E-state index >= 15 is 0 Å². The molecule has 176 valence electrons. The smallest absolute Gasteiger partial charge is 0.291 e. The Balaban J connectivity index is 1.38. The summed E-state index contributed by atoms with van der Waals surface area (Å²) in [6, 6.07) is 19.6. The molecule has 35 heavy (non-hydrogen) atoms. The Labute approximate surface area is 211 Å². The molecule has 0 radical (unpaired) electrons. The summed E-state index contributed by atoms with van der Waals surface area (Å²) in [7, 11) is 0. The molecule has 0 saturated carbocycles. The zero-order chi connectivity index (χ0) is 24.5. The maximum atomic E-state index is 12.9. The van der Waals surface area contributed by atoms with Crippen molar-refractivity contribution in [3.05, 3.63) is 88.1 Å². The molecule has 0 fully saturated rings. The van der Waals surface area contributed by atoms with E-state index in [0.717, 1.165) is 17.0 Å². The van der Waals surface area contributed by atoms with Crippen LogP contribution in [0.4, 0.5) is 5.69 Å². The van der Waals surface area contributed by atoms with Gasteiger partial charge in [-0.05, 0) is 86.1 Å². The maximum absolute atomic E-state index is 12.9. The Morgan fingerprint density at radius 2 is 1.74 bits per heavy atom. The van der Waals surface area contributed by atoms with Crippen molar-refractivity contribution in [2.75, 3.05) is 11.9 Å². The molecule has 0 aliphatic carbocycles. The number of carbonyl (C=O) groups excluding carboxylic acids is 1. The van der Waals surface area contributed by atoms with Gasteiger partial charge in [0, 0.05) is 16.3 Å². The number of halogens is 2. The summed E-state index contributed by atoms with van der Waals surface area (Å²) >= 11 is 12.2. The number of nitrogens with one attached hydrogen (secondary N) is 1. The number of hydrogen-bond acceptors (Lipinski definition) is 5. The Hall–Kier alpha value is -3.81. The number of anilines is 1. The molecule has 1 amide bonds. The van der Waals surface area contributed by atoms with Gasteiger partial charge in [-0.25, -0.2) is 0 Å². The van der Waals surface area contributed by atoms with E-state index in [0.29, 0.717) is 44.7 Å². The second kappa shape index (κ2) is 9.44. The molecule has 9 heteroatoms. The molecular formula is C26H20Cl2N4O3. The third-order valence-corrected chi connectivity index (χ3v) is 5.93. The first kappa shape index (κ1) is 23.0. The number of furan rings is 1. The van der Waals surface area contributed by atoms with Crippen LogP contribution in [0.15, 0.2) is 71.1 Å². The quantitative estimate of drug-likeness (QED) is 0.269. The van der Waals surface area contributed by atoms with Gasteiger partial charge >= 0.3 is 0 Å². The van der Waals surface area contributed by atoms with Crippen molar-refractivity contribution in [2.24, 2.45) is 0 Å². The predicted octanol–water partition coefficient (Wildman–Crippen LogP) is 6.95. The molecule has 0 aliphatic rings. The lowest BCUT2D eigenvalue weighted by molar-refractivity contribution is 0.0997. The number of aromatic nitrogens is 3. The average molecular weight is 507 g/mol. The number of nitrogens with zero attached hydrogens (tertiary/aromatic N) is 3. The largest absolute Gasteiger partial charge is 0.494 e. The normalized spacial score (nSPS) is 11.1. The van der Waals surface area contributed by atoms with Gasteiger partial charge in [0.1, 0.15) is 22.5 Å². The molecule has 5 aromatic rings. The molecule has 3 aromatic carbocycles. The minimum atomic E-state index is -0.386. The number of ether oxygens (including phenoxy) is 1. The van der Waals surface area contributed by atoms with Gasteiger partial charge in [0.05, 0.1) is 17.3 Å². The van der Waals surface area contributed by atoms with E-state index in [2.05, 4.69) is 15.5 Å². The monoisotopic (exact) mass is 506 g/mol. The maximum Gasteiger partial charge on any atom is 0.291 e. The SMILES string of the molecule is CCOc1ccc(-n2nc3cc(C)c(NC(=O)c4ccc(-c5ccc(Cl)cc5Cl)o4)cc3n2)cc1. The lowest BCUT2D eigenvalue weighted by Gasteiger charge is -2.07. The van der Waals surface area contributed by atoms with Crippen LogP contribution < -0.4 is 10.1 Å². The first-order valence-electron chi connectivity index (χ1n) is 10.9. The molecule has 1 N–H and O–H groups in total. The summed E-state index contributed by atoms with van der Waals surface area (Å²) in [4.78, 5) is 14.4. The van der Waals surface area contributed by atoms with Gasteiger partial charge in [-0.15, -0.1) is 10.2 Å². The highest BCUT2D eigenvalue weighted by Crippen LogP contribution is 2.32. The van der Waals surface area contributed by atoms with Crippen molar-refractivity contribution in [3.63, 3.8) is 0 Å². The molecule has 0 unspecified atom stereocenters. The van der Waals surface area contributed by atoms with Gasteiger partial charge in [-0.2, -0.15) is 4.80 Å². The van der Waals surface area contributed by atoms with Crippen LogP contribution in [-0.2, 0) is 0 Å². The number of aryl methyl sites for hydroxylation is 1. The Morgan fingerprint density at radius 1 is 1.00 bits per heavy atom. The first-order chi connectivity index (χ1) is 16.9. The third kappa shape index (κ3) is 4.73. The van der Waals surface area contributed by atoms with Gasteiger partial charge < -0.3 is 14.5 Å². The van der Waals surface area contributed by atoms with Crippen molar-refractivity contribution in [3.8, 4) is 22.8 Å². The van der Waals surface area contributed by atoms with Crippen molar-refractivity contribution < 1.29 is 13.9 Å². The van der Waals surface area contributed by atoms with Crippen LogP contribution in [0.3, 0.4) is 0 Å². The molecule has 0 spiro atoms. The van der Waals surface area contributed by atoms with Crippen LogP contribution in [0.1, 0.15) is 23.0 Å². The molecule has 0 atom stereocenters. The van der Waals surface area contributed by atoms with Gasteiger partial charge in [0.25, 0.3) is 5.91 Å². The van der Waals surface area contributed by atoms with Crippen LogP contribution in [0.5, 0.6) is 5.75 Å². The van der Waals surface area contributed by atoms with Crippen LogP contribution >= 0.6 is 23.2 Å². The number of hydrogen-bond donors (Lipinski definition) is 1.